The third kappa shape index (κ3) is 3.78. The fourth-order valence-corrected chi connectivity index (χ4v) is 3.32. The van der Waals surface area contributed by atoms with Crippen molar-refractivity contribution < 1.29 is 15.0 Å². The van der Waals surface area contributed by atoms with E-state index in [1.165, 1.54) is 5.56 Å². The van der Waals surface area contributed by atoms with Crippen LogP contribution in [0.1, 0.15) is 44.2 Å². The minimum atomic E-state index is -0.754. The summed E-state index contributed by atoms with van der Waals surface area (Å²) < 4.78 is 0. The van der Waals surface area contributed by atoms with Crippen LogP contribution in [0.25, 0.3) is 0 Å². The third-order valence-corrected chi connectivity index (χ3v) is 4.75. The largest absolute Gasteiger partial charge is 0.481 e. The van der Waals surface area contributed by atoms with Gasteiger partial charge in [0.1, 0.15) is 0 Å². The van der Waals surface area contributed by atoms with E-state index in [1.807, 2.05) is 5.38 Å². The second kappa shape index (κ2) is 6.03. The summed E-state index contributed by atoms with van der Waals surface area (Å²) in [6.45, 7) is 2.60. The van der Waals surface area contributed by atoms with E-state index >= 15 is 0 Å². The lowest BCUT2D eigenvalue weighted by atomic mass is 9.78. The van der Waals surface area contributed by atoms with E-state index in [4.69, 9.17) is 5.11 Å². The molecule has 1 aromatic heterocycles. The number of carboxylic acid groups (broad SMARTS) is 1. The minimum Gasteiger partial charge on any atom is -0.481 e. The number of rotatable bonds is 5. The van der Waals surface area contributed by atoms with Crippen LogP contribution in [0.2, 0.25) is 0 Å². The summed E-state index contributed by atoms with van der Waals surface area (Å²) >= 11 is 1.66. The first kappa shape index (κ1) is 14.5. The van der Waals surface area contributed by atoms with Crippen molar-refractivity contribution in [2.75, 3.05) is 6.54 Å². The molecule has 0 spiro atoms. The second-order valence-electron chi connectivity index (χ2n) is 5.50. The van der Waals surface area contributed by atoms with Crippen molar-refractivity contribution in [3.63, 3.8) is 0 Å². The Morgan fingerprint density at radius 1 is 1.58 bits per heavy atom. The van der Waals surface area contributed by atoms with Crippen LogP contribution >= 0.6 is 11.3 Å². The zero-order valence-electron chi connectivity index (χ0n) is 11.1. The van der Waals surface area contributed by atoms with Gasteiger partial charge in [0.25, 0.3) is 0 Å². The molecule has 1 aliphatic rings. The summed E-state index contributed by atoms with van der Waals surface area (Å²) in [6, 6.07) is 2.29. The second-order valence-corrected chi connectivity index (χ2v) is 6.28. The molecule has 19 heavy (non-hydrogen) atoms. The van der Waals surface area contributed by atoms with Crippen molar-refractivity contribution in [2.45, 2.75) is 44.2 Å². The van der Waals surface area contributed by atoms with Gasteiger partial charge in [0, 0.05) is 12.6 Å². The van der Waals surface area contributed by atoms with Gasteiger partial charge >= 0.3 is 5.97 Å². The number of thiophene rings is 1. The summed E-state index contributed by atoms with van der Waals surface area (Å²) in [5.41, 5.74) is 0.476. The number of aliphatic hydroxyl groups is 1. The maximum Gasteiger partial charge on any atom is 0.306 e. The highest BCUT2D eigenvalue weighted by molar-refractivity contribution is 7.07. The van der Waals surface area contributed by atoms with E-state index in [9.17, 15) is 9.90 Å². The van der Waals surface area contributed by atoms with Crippen molar-refractivity contribution >= 4 is 17.3 Å². The van der Waals surface area contributed by atoms with Crippen LogP contribution < -0.4 is 5.32 Å². The number of hydrogen-bond acceptors (Lipinski definition) is 4. The van der Waals surface area contributed by atoms with Crippen LogP contribution in [0.4, 0.5) is 0 Å². The van der Waals surface area contributed by atoms with Crippen LogP contribution in [-0.4, -0.2) is 28.3 Å². The molecule has 1 heterocycles. The number of nitrogens with one attached hydrogen (secondary N) is 1. The highest BCUT2D eigenvalue weighted by Crippen LogP contribution is 2.32. The molecule has 0 aliphatic heterocycles. The molecule has 1 aromatic rings. The summed E-state index contributed by atoms with van der Waals surface area (Å²) in [6.07, 6.45) is 2.27. The standard InChI is InChI=1S/C14H21NO3S/c1-10(12-4-7-19-8-12)15-9-14(18)5-2-11(3-6-14)13(16)17/h4,7-8,10-11,15,18H,2-3,5-6,9H2,1H3,(H,16,17). The highest BCUT2D eigenvalue weighted by atomic mass is 32.1. The quantitative estimate of drug-likeness (QED) is 0.776. The van der Waals surface area contributed by atoms with Crippen molar-refractivity contribution in [1.29, 1.82) is 0 Å². The summed E-state index contributed by atoms with van der Waals surface area (Å²) in [7, 11) is 0. The summed E-state index contributed by atoms with van der Waals surface area (Å²) in [5, 5.41) is 26.9. The Labute approximate surface area is 117 Å². The van der Waals surface area contributed by atoms with Crippen molar-refractivity contribution in [2.24, 2.45) is 5.92 Å². The van der Waals surface area contributed by atoms with Gasteiger partial charge in [-0.3, -0.25) is 4.79 Å². The lowest BCUT2D eigenvalue weighted by molar-refractivity contribution is -0.144. The Morgan fingerprint density at radius 2 is 2.26 bits per heavy atom. The van der Waals surface area contributed by atoms with E-state index < -0.39 is 11.6 Å². The topological polar surface area (TPSA) is 69.6 Å². The Bertz CT molecular complexity index is 410. The molecule has 0 amide bonds. The first-order valence-electron chi connectivity index (χ1n) is 6.71. The predicted molar refractivity (Wildman–Crippen MR) is 75.3 cm³/mol. The first-order valence-corrected chi connectivity index (χ1v) is 7.65. The molecule has 106 valence electrons. The smallest absolute Gasteiger partial charge is 0.306 e. The lowest BCUT2D eigenvalue weighted by Gasteiger charge is -2.35. The van der Waals surface area contributed by atoms with Crippen molar-refractivity contribution in [3.05, 3.63) is 22.4 Å². The van der Waals surface area contributed by atoms with Crippen LogP contribution in [0.15, 0.2) is 16.8 Å². The average molecular weight is 283 g/mol. The summed E-state index contributed by atoms with van der Waals surface area (Å²) in [4.78, 5) is 10.9. The number of carboxylic acids is 1. The molecule has 1 unspecified atom stereocenters. The van der Waals surface area contributed by atoms with Gasteiger partial charge in [-0.25, -0.2) is 0 Å². The highest BCUT2D eigenvalue weighted by Gasteiger charge is 2.35. The van der Waals surface area contributed by atoms with Gasteiger partial charge in [-0.05, 0) is 55.0 Å². The molecule has 4 nitrogen and oxygen atoms in total. The Balaban J connectivity index is 1.81. The molecule has 0 saturated heterocycles. The van der Waals surface area contributed by atoms with Gasteiger partial charge in [0.2, 0.25) is 0 Å². The van der Waals surface area contributed by atoms with Gasteiger partial charge in [-0.2, -0.15) is 11.3 Å². The Morgan fingerprint density at radius 3 is 2.79 bits per heavy atom. The molecule has 5 heteroatoms. The molecule has 3 N–H and O–H groups in total. The van der Waals surface area contributed by atoms with Crippen molar-refractivity contribution in [1.82, 2.24) is 5.32 Å². The molecule has 1 fully saturated rings. The van der Waals surface area contributed by atoms with E-state index in [0.29, 0.717) is 32.2 Å². The lowest BCUT2D eigenvalue weighted by Crippen LogP contribution is -2.45. The van der Waals surface area contributed by atoms with E-state index in [-0.39, 0.29) is 12.0 Å². The monoisotopic (exact) mass is 283 g/mol. The SMILES string of the molecule is CC(NCC1(O)CCC(C(=O)O)CC1)c1ccsc1. The van der Waals surface area contributed by atoms with Crippen LogP contribution in [0, 0.1) is 5.92 Å². The summed E-state index contributed by atoms with van der Waals surface area (Å²) in [5.74, 6) is -1.02. The maximum absolute atomic E-state index is 10.9. The van der Waals surface area contributed by atoms with Crippen molar-refractivity contribution in [3.8, 4) is 0 Å². The molecular weight excluding hydrogens is 262 g/mol. The first-order chi connectivity index (χ1) is 9.00. The normalized spacial score (nSPS) is 29.1. The number of hydrogen-bond donors (Lipinski definition) is 3. The van der Waals surface area contributed by atoms with Crippen LogP contribution in [0.3, 0.4) is 0 Å². The zero-order chi connectivity index (χ0) is 13.9. The van der Waals surface area contributed by atoms with E-state index in [0.717, 1.165) is 0 Å². The predicted octanol–water partition coefficient (Wildman–Crippen LogP) is 2.40. The fourth-order valence-electron chi connectivity index (χ4n) is 2.56. The number of carbonyl (C=O) groups is 1. The molecule has 0 radical (unpaired) electrons. The molecular formula is C14H21NO3S. The minimum absolute atomic E-state index is 0.215. The van der Waals surface area contributed by atoms with Crippen LogP contribution in [0.5, 0.6) is 0 Å². The molecule has 0 aromatic carbocycles. The maximum atomic E-state index is 10.9. The van der Waals surface area contributed by atoms with E-state index in [2.05, 4.69) is 23.7 Å². The Kier molecular flexibility index (Phi) is 4.60. The van der Waals surface area contributed by atoms with Gasteiger partial charge in [-0.15, -0.1) is 0 Å². The molecule has 1 atom stereocenters. The molecule has 0 bridgehead atoms. The van der Waals surface area contributed by atoms with Crippen LogP contribution in [-0.2, 0) is 4.79 Å². The number of aliphatic carboxylic acids is 1. The zero-order valence-corrected chi connectivity index (χ0v) is 11.9. The molecule has 2 rings (SSSR count). The van der Waals surface area contributed by atoms with Gasteiger partial charge in [0.15, 0.2) is 0 Å². The Hall–Kier alpha value is -0.910. The van der Waals surface area contributed by atoms with Gasteiger partial charge < -0.3 is 15.5 Å². The fraction of sp³-hybridized carbons (Fsp3) is 0.643. The molecule has 1 saturated carbocycles. The van der Waals surface area contributed by atoms with Gasteiger partial charge in [0.05, 0.1) is 11.5 Å². The average Bonchev–Trinajstić information content (AvgIpc) is 2.90. The van der Waals surface area contributed by atoms with Gasteiger partial charge in [-0.1, -0.05) is 0 Å². The third-order valence-electron chi connectivity index (χ3n) is 4.05. The van der Waals surface area contributed by atoms with E-state index in [1.54, 1.807) is 11.3 Å². The molecule has 1 aliphatic carbocycles.